The number of ether oxygens (including phenoxy) is 2. The van der Waals surface area contributed by atoms with E-state index < -0.39 is 0 Å². The first-order valence-corrected chi connectivity index (χ1v) is 6.10. The van der Waals surface area contributed by atoms with E-state index in [9.17, 15) is 4.79 Å². The molecule has 0 N–H and O–H groups in total. The summed E-state index contributed by atoms with van der Waals surface area (Å²) in [6, 6.07) is 0. The summed E-state index contributed by atoms with van der Waals surface area (Å²) in [6.07, 6.45) is 5.55. The summed E-state index contributed by atoms with van der Waals surface area (Å²) in [5.74, 6) is -0.257. The van der Waals surface area contributed by atoms with Crippen LogP contribution in [0.3, 0.4) is 0 Å². The molecule has 16 heavy (non-hydrogen) atoms. The van der Waals surface area contributed by atoms with Gasteiger partial charge in [0, 0.05) is 12.0 Å². The maximum absolute atomic E-state index is 11.6. The highest BCUT2D eigenvalue weighted by Gasteiger charge is 2.51. The number of rotatable bonds is 4. The zero-order chi connectivity index (χ0) is 11.8. The van der Waals surface area contributed by atoms with Gasteiger partial charge >= 0.3 is 5.97 Å². The molecule has 0 aromatic heterocycles. The Balaban J connectivity index is 2.02. The number of fused-ring (bicyclic) bond motifs is 1. The van der Waals surface area contributed by atoms with Gasteiger partial charge < -0.3 is 9.47 Å². The number of hydrogen-bond donors (Lipinski definition) is 0. The minimum absolute atomic E-state index is 0.257. The van der Waals surface area contributed by atoms with Crippen LogP contribution in [0.4, 0.5) is 0 Å². The molecule has 0 bridgehead atoms. The predicted molar refractivity (Wildman–Crippen MR) is 61.1 cm³/mol. The number of esters is 1. The van der Waals surface area contributed by atoms with Gasteiger partial charge in [-0.2, -0.15) is 0 Å². The summed E-state index contributed by atoms with van der Waals surface area (Å²) in [5.41, 5.74) is 0.192. The molecule has 3 unspecified atom stereocenters. The molecule has 2 fully saturated rings. The third-order valence-corrected chi connectivity index (χ3v) is 3.51. The van der Waals surface area contributed by atoms with Gasteiger partial charge in [0.2, 0.25) is 0 Å². The van der Waals surface area contributed by atoms with Crippen molar-refractivity contribution < 1.29 is 14.3 Å². The van der Waals surface area contributed by atoms with Crippen LogP contribution in [0, 0.1) is 0 Å². The fourth-order valence-corrected chi connectivity index (χ4v) is 2.60. The quantitative estimate of drug-likeness (QED) is 0.418. The van der Waals surface area contributed by atoms with Crippen LogP contribution >= 0.6 is 0 Å². The van der Waals surface area contributed by atoms with E-state index >= 15 is 0 Å². The molecular formula is C13H20O3. The van der Waals surface area contributed by atoms with E-state index in [1.54, 1.807) is 6.92 Å². The van der Waals surface area contributed by atoms with Crippen LogP contribution in [-0.2, 0) is 14.3 Å². The lowest BCUT2D eigenvalue weighted by atomic mass is 9.81. The van der Waals surface area contributed by atoms with Crippen LogP contribution in [0.25, 0.3) is 0 Å². The lowest BCUT2D eigenvalue weighted by Gasteiger charge is -2.35. The van der Waals surface area contributed by atoms with E-state index in [-0.39, 0.29) is 11.6 Å². The normalized spacial score (nSPS) is 36.4. The first-order valence-electron chi connectivity index (χ1n) is 6.10. The van der Waals surface area contributed by atoms with Gasteiger partial charge in [-0.15, -0.1) is 0 Å². The second-order valence-electron chi connectivity index (χ2n) is 5.06. The standard InChI is InChI=1S/C13H20O3/c1-4-6-13(16-12(14)9(2)3)7-5-10-11(8-13)15-10/h10-11H,2,4-8H2,1,3H3. The molecule has 0 aromatic rings. The van der Waals surface area contributed by atoms with E-state index in [4.69, 9.17) is 9.47 Å². The second-order valence-corrected chi connectivity index (χ2v) is 5.06. The predicted octanol–water partition coefficient (Wildman–Crippen LogP) is 2.60. The van der Waals surface area contributed by atoms with Gasteiger partial charge in [0.15, 0.2) is 0 Å². The molecule has 1 aliphatic heterocycles. The molecule has 0 amide bonds. The molecule has 3 atom stereocenters. The van der Waals surface area contributed by atoms with Crippen molar-refractivity contribution in [2.75, 3.05) is 0 Å². The van der Waals surface area contributed by atoms with Crippen LogP contribution < -0.4 is 0 Å². The molecule has 90 valence electrons. The Labute approximate surface area is 96.8 Å². The van der Waals surface area contributed by atoms with E-state index in [1.165, 1.54) is 0 Å². The van der Waals surface area contributed by atoms with Crippen LogP contribution in [0.15, 0.2) is 12.2 Å². The number of carbonyl (C=O) groups is 1. The van der Waals surface area contributed by atoms with Gasteiger partial charge in [0.1, 0.15) is 5.60 Å². The first kappa shape index (κ1) is 11.6. The van der Waals surface area contributed by atoms with E-state index in [2.05, 4.69) is 13.5 Å². The molecule has 3 heteroatoms. The van der Waals surface area contributed by atoms with Gasteiger partial charge in [-0.1, -0.05) is 19.9 Å². The summed E-state index contributed by atoms with van der Waals surface area (Å²) in [4.78, 5) is 11.6. The highest BCUT2D eigenvalue weighted by Crippen LogP contribution is 2.45. The molecule has 2 aliphatic rings. The molecular weight excluding hydrogens is 204 g/mol. The summed E-state index contributed by atoms with van der Waals surface area (Å²) < 4.78 is 11.2. The van der Waals surface area contributed by atoms with Crippen molar-refractivity contribution >= 4 is 5.97 Å². The van der Waals surface area contributed by atoms with Crippen molar-refractivity contribution in [3.63, 3.8) is 0 Å². The molecule has 1 saturated heterocycles. The van der Waals surface area contributed by atoms with Gasteiger partial charge in [0.05, 0.1) is 12.2 Å². The van der Waals surface area contributed by atoms with Crippen LogP contribution in [0.5, 0.6) is 0 Å². The molecule has 1 heterocycles. The zero-order valence-electron chi connectivity index (χ0n) is 10.1. The van der Waals surface area contributed by atoms with E-state index in [0.717, 1.165) is 32.1 Å². The molecule has 0 radical (unpaired) electrons. The Morgan fingerprint density at radius 1 is 1.56 bits per heavy atom. The molecule has 1 saturated carbocycles. The van der Waals surface area contributed by atoms with Crippen LogP contribution in [0.2, 0.25) is 0 Å². The van der Waals surface area contributed by atoms with Gasteiger partial charge in [-0.05, 0) is 26.2 Å². The summed E-state index contributed by atoms with van der Waals surface area (Å²) in [5, 5.41) is 0. The number of epoxide rings is 1. The Hall–Kier alpha value is -0.830. The first-order chi connectivity index (χ1) is 7.56. The minimum atomic E-state index is -0.289. The van der Waals surface area contributed by atoms with Crippen molar-refractivity contribution in [3.05, 3.63) is 12.2 Å². The van der Waals surface area contributed by atoms with Crippen molar-refractivity contribution in [1.29, 1.82) is 0 Å². The summed E-state index contributed by atoms with van der Waals surface area (Å²) in [6.45, 7) is 7.45. The van der Waals surface area contributed by atoms with Crippen LogP contribution in [-0.4, -0.2) is 23.8 Å². The average molecular weight is 224 g/mol. The minimum Gasteiger partial charge on any atom is -0.456 e. The topological polar surface area (TPSA) is 38.8 Å². The molecule has 2 rings (SSSR count). The number of carbonyl (C=O) groups excluding carboxylic acids is 1. The molecule has 1 aliphatic carbocycles. The lowest BCUT2D eigenvalue weighted by Crippen LogP contribution is -2.40. The second kappa shape index (κ2) is 4.21. The summed E-state index contributed by atoms with van der Waals surface area (Å²) >= 11 is 0. The Morgan fingerprint density at radius 2 is 2.31 bits per heavy atom. The largest absolute Gasteiger partial charge is 0.456 e. The highest BCUT2D eigenvalue weighted by atomic mass is 16.6. The molecule has 0 spiro atoms. The average Bonchev–Trinajstić information content (AvgIpc) is 2.95. The SMILES string of the molecule is C=C(C)C(=O)OC1(CCC)CCC2OC2C1. The van der Waals surface area contributed by atoms with Gasteiger partial charge in [-0.25, -0.2) is 4.79 Å². The maximum Gasteiger partial charge on any atom is 0.333 e. The van der Waals surface area contributed by atoms with Crippen molar-refractivity contribution in [1.82, 2.24) is 0 Å². The van der Waals surface area contributed by atoms with E-state index in [0.29, 0.717) is 17.8 Å². The Morgan fingerprint density at radius 3 is 2.88 bits per heavy atom. The monoisotopic (exact) mass is 224 g/mol. The van der Waals surface area contributed by atoms with Crippen LogP contribution in [0.1, 0.15) is 46.0 Å². The molecule has 3 nitrogen and oxygen atoms in total. The van der Waals surface area contributed by atoms with Gasteiger partial charge in [0.25, 0.3) is 0 Å². The number of hydrogen-bond acceptors (Lipinski definition) is 3. The van der Waals surface area contributed by atoms with E-state index in [1.807, 2.05) is 0 Å². The fourth-order valence-electron chi connectivity index (χ4n) is 2.60. The third kappa shape index (κ3) is 2.29. The highest BCUT2D eigenvalue weighted by molar-refractivity contribution is 5.87. The van der Waals surface area contributed by atoms with Crippen molar-refractivity contribution in [2.45, 2.75) is 63.8 Å². The Kier molecular flexibility index (Phi) is 3.06. The zero-order valence-corrected chi connectivity index (χ0v) is 10.1. The summed E-state index contributed by atoms with van der Waals surface area (Å²) in [7, 11) is 0. The fraction of sp³-hybridized carbons (Fsp3) is 0.769. The van der Waals surface area contributed by atoms with Crippen molar-refractivity contribution in [3.8, 4) is 0 Å². The lowest BCUT2D eigenvalue weighted by molar-refractivity contribution is -0.158. The maximum atomic E-state index is 11.6. The van der Waals surface area contributed by atoms with Gasteiger partial charge in [-0.3, -0.25) is 0 Å². The Bertz CT molecular complexity index is 310. The molecule has 0 aromatic carbocycles. The van der Waals surface area contributed by atoms with Crippen molar-refractivity contribution in [2.24, 2.45) is 0 Å². The third-order valence-electron chi connectivity index (χ3n) is 3.51. The smallest absolute Gasteiger partial charge is 0.333 e.